The van der Waals surface area contributed by atoms with Crippen molar-refractivity contribution < 1.29 is 0 Å². The predicted molar refractivity (Wildman–Crippen MR) is 82.5 cm³/mol. The van der Waals surface area contributed by atoms with Gasteiger partial charge in [-0.15, -0.1) is 11.3 Å². The zero-order valence-electron chi connectivity index (χ0n) is 11.2. The van der Waals surface area contributed by atoms with Gasteiger partial charge >= 0.3 is 0 Å². The molecule has 1 saturated carbocycles. The molecular weight excluding hydrogens is 250 g/mol. The second-order valence-corrected chi connectivity index (χ2v) is 6.35. The molecule has 2 aromatic rings. The van der Waals surface area contributed by atoms with Crippen LogP contribution in [0.3, 0.4) is 0 Å². The number of benzene rings is 1. The van der Waals surface area contributed by atoms with Gasteiger partial charge in [0.15, 0.2) is 0 Å². The van der Waals surface area contributed by atoms with E-state index in [0.717, 1.165) is 12.5 Å². The fourth-order valence-corrected chi connectivity index (χ4v) is 3.49. The van der Waals surface area contributed by atoms with E-state index in [-0.39, 0.29) is 0 Å². The molecule has 1 nitrogen and oxygen atoms in total. The highest BCUT2D eigenvalue weighted by Crippen LogP contribution is 2.42. The van der Waals surface area contributed by atoms with Crippen LogP contribution in [-0.4, -0.2) is 6.54 Å². The Bertz CT molecular complexity index is 473. The van der Waals surface area contributed by atoms with Crippen molar-refractivity contribution in [2.45, 2.75) is 31.7 Å². The molecule has 0 spiro atoms. The van der Waals surface area contributed by atoms with E-state index in [4.69, 9.17) is 0 Å². The first-order valence-corrected chi connectivity index (χ1v) is 8.12. The van der Waals surface area contributed by atoms with Crippen LogP contribution in [0.15, 0.2) is 47.8 Å². The third-order valence-electron chi connectivity index (χ3n) is 3.79. The minimum Gasteiger partial charge on any atom is -0.309 e. The number of aryl methyl sites for hydroxylation is 1. The van der Waals surface area contributed by atoms with Gasteiger partial charge < -0.3 is 5.32 Å². The topological polar surface area (TPSA) is 12.0 Å². The van der Waals surface area contributed by atoms with Crippen molar-refractivity contribution in [3.63, 3.8) is 0 Å². The SMILES string of the molecule is c1ccc(CCCNC(c2cccs2)C2CC2)cc1. The summed E-state index contributed by atoms with van der Waals surface area (Å²) in [6, 6.07) is 15.8. The lowest BCUT2D eigenvalue weighted by Crippen LogP contribution is -2.23. The first kappa shape index (κ1) is 12.9. The predicted octanol–water partition coefficient (Wildman–Crippen LogP) is 4.42. The molecule has 1 atom stereocenters. The van der Waals surface area contributed by atoms with Gasteiger partial charge in [-0.1, -0.05) is 36.4 Å². The Balaban J connectivity index is 1.46. The Labute approximate surface area is 119 Å². The van der Waals surface area contributed by atoms with Crippen LogP contribution < -0.4 is 5.32 Å². The van der Waals surface area contributed by atoms with Crippen LogP contribution in [0.4, 0.5) is 0 Å². The molecule has 1 heterocycles. The average molecular weight is 271 g/mol. The Morgan fingerprint density at radius 1 is 1.11 bits per heavy atom. The van der Waals surface area contributed by atoms with E-state index in [9.17, 15) is 0 Å². The molecule has 1 fully saturated rings. The van der Waals surface area contributed by atoms with E-state index >= 15 is 0 Å². The van der Waals surface area contributed by atoms with E-state index in [0.29, 0.717) is 6.04 Å². The Morgan fingerprint density at radius 3 is 2.63 bits per heavy atom. The second kappa shape index (κ2) is 6.36. The molecule has 19 heavy (non-hydrogen) atoms. The normalized spacial score (nSPS) is 16.4. The quantitative estimate of drug-likeness (QED) is 0.735. The van der Waals surface area contributed by atoms with Crippen LogP contribution in [0, 0.1) is 5.92 Å². The van der Waals surface area contributed by atoms with Crippen molar-refractivity contribution in [3.05, 3.63) is 58.3 Å². The highest BCUT2D eigenvalue weighted by atomic mass is 32.1. The number of rotatable bonds is 7. The van der Waals surface area contributed by atoms with E-state index in [2.05, 4.69) is 53.2 Å². The zero-order valence-corrected chi connectivity index (χ0v) is 12.0. The van der Waals surface area contributed by atoms with Crippen molar-refractivity contribution >= 4 is 11.3 Å². The highest BCUT2D eigenvalue weighted by molar-refractivity contribution is 7.10. The third-order valence-corrected chi connectivity index (χ3v) is 4.75. The molecule has 0 saturated heterocycles. The minimum atomic E-state index is 0.607. The summed E-state index contributed by atoms with van der Waals surface area (Å²) < 4.78 is 0. The maximum Gasteiger partial charge on any atom is 0.0443 e. The summed E-state index contributed by atoms with van der Waals surface area (Å²) in [6.07, 6.45) is 5.19. The van der Waals surface area contributed by atoms with Crippen LogP contribution in [0.5, 0.6) is 0 Å². The molecule has 0 bridgehead atoms. The van der Waals surface area contributed by atoms with E-state index < -0.39 is 0 Å². The smallest absolute Gasteiger partial charge is 0.0443 e. The lowest BCUT2D eigenvalue weighted by molar-refractivity contribution is 0.482. The van der Waals surface area contributed by atoms with Gasteiger partial charge in [0.1, 0.15) is 0 Å². The molecule has 3 rings (SSSR count). The van der Waals surface area contributed by atoms with Gasteiger partial charge in [-0.3, -0.25) is 0 Å². The molecule has 1 aliphatic carbocycles. The molecule has 1 N–H and O–H groups in total. The van der Waals surface area contributed by atoms with Crippen molar-refractivity contribution in [2.24, 2.45) is 5.92 Å². The molecule has 1 unspecified atom stereocenters. The van der Waals surface area contributed by atoms with Gasteiger partial charge in [0.05, 0.1) is 0 Å². The summed E-state index contributed by atoms with van der Waals surface area (Å²) in [5.41, 5.74) is 1.45. The number of thiophene rings is 1. The van der Waals surface area contributed by atoms with Crippen LogP contribution in [0.1, 0.15) is 35.7 Å². The summed E-state index contributed by atoms with van der Waals surface area (Å²) in [4.78, 5) is 1.52. The highest BCUT2D eigenvalue weighted by Gasteiger charge is 2.32. The van der Waals surface area contributed by atoms with Crippen molar-refractivity contribution in [1.82, 2.24) is 5.32 Å². The summed E-state index contributed by atoms with van der Waals surface area (Å²) in [7, 11) is 0. The van der Waals surface area contributed by atoms with Gasteiger partial charge in [-0.05, 0) is 55.2 Å². The first-order chi connectivity index (χ1) is 9.43. The summed E-state index contributed by atoms with van der Waals surface area (Å²) in [5, 5.41) is 5.96. The standard InChI is InChI=1S/C17H21NS/c1-2-6-14(7-3-1)8-4-12-18-17(15-10-11-15)16-9-5-13-19-16/h1-3,5-7,9,13,15,17-18H,4,8,10-12H2. The zero-order chi connectivity index (χ0) is 12.9. The van der Waals surface area contributed by atoms with Crippen molar-refractivity contribution in [3.8, 4) is 0 Å². The fraction of sp³-hybridized carbons (Fsp3) is 0.412. The maximum absolute atomic E-state index is 3.76. The van der Waals surface area contributed by atoms with Crippen LogP contribution in [0.2, 0.25) is 0 Å². The van der Waals surface area contributed by atoms with Crippen molar-refractivity contribution in [1.29, 1.82) is 0 Å². The van der Waals surface area contributed by atoms with Gasteiger partial charge in [-0.25, -0.2) is 0 Å². The van der Waals surface area contributed by atoms with Crippen molar-refractivity contribution in [2.75, 3.05) is 6.54 Å². The lowest BCUT2D eigenvalue weighted by atomic mass is 10.1. The second-order valence-electron chi connectivity index (χ2n) is 5.37. The molecule has 0 radical (unpaired) electrons. The Hall–Kier alpha value is -1.12. The number of hydrogen-bond acceptors (Lipinski definition) is 2. The van der Waals surface area contributed by atoms with E-state index in [1.165, 1.54) is 36.1 Å². The van der Waals surface area contributed by atoms with Crippen LogP contribution >= 0.6 is 11.3 Å². The molecule has 2 heteroatoms. The molecule has 0 amide bonds. The molecular formula is C17H21NS. The van der Waals surface area contributed by atoms with Gasteiger partial charge in [0.2, 0.25) is 0 Å². The molecule has 1 aromatic carbocycles. The van der Waals surface area contributed by atoms with Gasteiger partial charge in [-0.2, -0.15) is 0 Å². The number of hydrogen-bond donors (Lipinski definition) is 1. The maximum atomic E-state index is 3.76. The molecule has 0 aliphatic heterocycles. The summed E-state index contributed by atoms with van der Waals surface area (Å²) in [5.74, 6) is 0.885. The third kappa shape index (κ3) is 3.68. The van der Waals surface area contributed by atoms with Gasteiger partial charge in [0.25, 0.3) is 0 Å². The molecule has 1 aliphatic rings. The van der Waals surface area contributed by atoms with Gasteiger partial charge in [0, 0.05) is 10.9 Å². The van der Waals surface area contributed by atoms with E-state index in [1.807, 2.05) is 11.3 Å². The fourth-order valence-electron chi connectivity index (χ4n) is 2.59. The minimum absolute atomic E-state index is 0.607. The number of nitrogens with one attached hydrogen (secondary N) is 1. The Kier molecular flexibility index (Phi) is 4.31. The first-order valence-electron chi connectivity index (χ1n) is 7.24. The van der Waals surface area contributed by atoms with E-state index in [1.54, 1.807) is 0 Å². The molecule has 1 aromatic heterocycles. The average Bonchev–Trinajstić information content (AvgIpc) is 3.14. The van der Waals surface area contributed by atoms with Crippen LogP contribution in [0.25, 0.3) is 0 Å². The van der Waals surface area contributed by atoms with Crippen LogP contribution in [-0.2, 0) is 6.42 Å². The molecule has 100 valence electrons. The Morgan fingerprint density at radius 2 is 1.95 bits per heavy atom. The summed E-state index contributed by atoms with van der Waals surface area (Å²) in [6.45, 7) is 1.12. The largest absolute Gasteiger partial charge is 0.309 e. The monoisotopic (exact) mass is 271 g/mol. The summed E-state index contributed by atoms with van der Waals surface area (Å²) >= 11 is 1.89. The lowest BCUT2D eigenvalue weighted by Gasteiger charge is -2.16.